The number of ether oxygens (including phenoxy) is 2. The van der Waals surface area contributed by atoms with E-state index in [1.165, 1.54) is 4.57 Å². The number of carbonyl (C=O) groups excluding carboxylic acids is 2. The first-order valence-corrected chi connectivity index (χ1v) is 7.48. The number of aromatic nitrogens is 1. The Kier molecular flexibility index (Phi) is 3.51. The van der Waals surface area contributed by atoms with Crippen molar-refractivity contribution in [1.29, 1.82) is 0 Å². The molecule has 1 unspecified atom stereocenters. The third kappa shape index (κ3) is 2.86. The van der Waals surface area contributed by atoms with E-state index in [4.69, 9.17) is 9.47 Å². The quantitative estimate of drug-likeness (QED) is 0.590. The number of para-hydroxylation sites is 1. The number of cyclic esters (lactones) is 1. The lowest BCUT2D eigenvalue weighted by molar-refractivity contribution is -0.139. The van der Waals surface area contributed by atoms with Gasteiger partial charge in [0.15, 0.2) is 0 Å². The van der Waals surface area contributed by atoms with Gasteiger partial charge >= 0.3 is 12.1 Å². The Hall–Kier alpha value is -2.56. The fraction of sp³-hybridized carbons (Fsp3) is 0.333. The zero-order valence-corrected chi connectivity index (χ0v) is 13.5. The molecule has 2 heterocycles. The summed E-state index contributed by atoms with van der Waals surface area (Å²) < 4.78 is 12.3. The molecule has 1 aromatic heterocycles. The highest BCUT2D eigenvalue weighted by Gasteiger charge is 2.32. The Labute approximate surface area is 134 Å². The smallest absolute Gasteiger partial charge is 0.419 e. The molecule has 2 aromatic rings. The van der Waals surface area contributed by atoms with Gasteiger partial charge in [0.1, 0.15) is 11.7 Å². The fourth-order valence-corrected chi connectivity index (χ4v) is 2.66. The molecule has 0 spiro atoms. The van der Waals surface area contributed by atoms with E-state index in [0.717, 1.165) is 16.5 Å². The van der Waals surface area contributed by atoms with E-state index in [1.54, 1.807) is 6.20 Å². The van der Waals surface area contributed by atoms with Crippen molar-refractivity contribution in [3.8, 4) is 0 Å². The molecule has 0 saturated carbocycles. The minimum Gasteiger partial charge on any atom is -0.454 e. The Morgan fingerprint density at radius 2 is 2.04 bits per heavy atom. The first-order valence-electron chi connectivity index (χ1n) is 7.48. The lowest BCUT2D eigenvalue weighted by atomic mass is 10.0. The van der Waals surface area contributed by atoms with Crippen LogP contribution in [0.25, 0.3) is 10.9 Å². The van der Waals surface area contributed by atoms with Crippen LogP contribution in [0.4, 0.5) is 4.79 Å². The lowest BCUT2D eigenvalue weighted by Crippen LogP contribution is -2.26. The van der Waals surface area contributed by atoms with E-state index in [-0.39, 0.29) is 5.97 Å². The summed E-state index contributed by atoms with van der Waals surface area (Å²) in [5, 5.41) is 0.867. The van der Waals surface area contributed by atoms with Crippen molar-refractivity contribution in [2.45, 2.75) is 38.9 Å². The van der Waals surface area contributed by atoms with Crippen LogP contribution in [-0.4, -0.2) is 22.2 Å². The highest BCUT2D eigenvalue weighted by atomic mass is 16.6. The lowest BCUT2D eigenvalue weighted by Gasteiger charge is -2.19. The summed E-state index contributed by atoms with van der Waals surface area (Å²) >= 11 is 0. The Morgan fingerprint density at radius 3 is 2.65 bits per heavy atom. The van der Waals surface area contributed by atoms with E-state index >= 15 is 0 Å². The van der Waals surface area contributed by atoms with Crippen molar-refractivity contribution in [1.82, 2.24) is 4.57 Å². The van der Waals surface area contributed by atoms with Gasteiger partial charge < -0.3 is 9.47 Å². The first kappa shape index (κ1) is 15.3. The van der Waals surface area contributed by atoms with E-state index < -0.39 is 17.8 Å². The number of hydrogen-bond donors (Lipinski definition) is 0. The Balaban J connectivity index is 2.06. The molecule has 0 N–H and O–H groups in total. The summed E-state index contributed by atoms with van der Waals surface area (Å²) in [4.78, 5) is 24.0. The van der Waals surface area contributed by atoms with Gasteiger partial charge in [0, 0.05) is 29.1 Å². The van der Waals surface area contributed by atoms with Crippen LogP contribution in [0.3, 0.4) is 0 Å². The number of carbonyl (C=O) groups is 2. The minimum absolute atomic E-state index is 0.385. The summed E-state index contributed by atoms with van der Waals surface area (Å²) in [6, 6.07) is 7.48. The molecule has 1 aromatic carbocycles. The number of hydrogen-bond acceptors (Lipinski definition) is 4. The summed E-state index contributed by atoms with van der Waals surface area (Å²) in [6.07, 6.45) is 1.25. The zero-order chi connectivity index (χ0) is 16.8. The maximum atomic E-state index is 12.4. The average molecular weight is 313 g/mol. The predicted octanol–water partition coefficient (Wildman–Crippen LogP) is 3.97. The fourth-order valence-electron chi connectivity index (χ4n) is 2.66. The van der Waals surface area contributed by atoms with Crippen LogP contribution in [0.15, 0.2) is 42.6 Å². The molecule has 5 nitrogen and oxygen atoms in total. The maximum Gasteiger partial charge on any atom is 0.419 e. The third-order valence-corrected chi connectivity index (χ3v) is 3.65. The van der Waals surface area contributed by atoms with Gasteiger partial charge in [-0.05, 0) is 26.8 Å². The van der Waals surface area contributed by atoms with Crippen LogP contribution >= 0.6 is 0 Å². The molecular formula is C18H19NO4. The molecule has 0 bridgehead atoms. The molecule has 120 valence electrons. The predicted molar refractivity (Wildman–Crippen MR) is 86.2 cm³/mol. The Bertz CT molecular complexity index is 794. The molecule has 0 amide bonds. The summed E-state index contributed by atoms with van der Waals surface area (Å²) in [5.74, 6) is -0.385. The topological polar surface area (TPSA) is 57.5 Å². The molecule has 0 aliphatic carbocycles. The van der Waals surface area contributed by atoms with Gasteiger partial charge in [-0.2, -0.15) is 0 Å². The summed E-state index contributed by atoms with van der Waals surface area (Å²) in [7, 11) is 0. The van der Waals surface area contributed by atoms with Crippen molar-refractivity contribution < 1.29 is 19.1 Å². The van der Waals surface area contributed by atoms with Gasteiger partial charge in [0.25, 0.3) is 0 Å². The van der Waals surface area contributed by atoms with Gasteiger partial charge in [-0.15, -0.1) is 0 Å². The van der Waals surface area contributed by atoms with E-state index in [9.17, 15) is 9.59 Å². The van der Waals surface area contributed by atoms with Gasteiger partial charge in [-0.1, -0.05) is 24.8 Å². The second-order valence-electron chi connectivity index (χ2n) is 6.65. The molecule has 3 rings (SSSR count). The molecular weight excluding hydrogens is 294 g/mol. The average Bonchev–Trinajstić information content (AvgIpc) is 2.98. The van der Waals surface area contributed by atoms with Crippen LogP contribution in [0.2, 0.25) is 0 Å². The highest BCUT2D eigenvalue weighted by molar-refractivity contribution is 5.94. The molecule has 1 saturated heterocycles. The van der Waals surface area contributed by atoms with E-state index in [1.807, 2.05) is 45.0 Å². The first-order chi connectivity index (χ1) is 10.8. The maximum absolute atomic E-state index is 12.4. The normalized spacial score (nSPS) is 18.3. The molecule has 1 atom stereocenters. The van der Waals surface area contributed by atoms with Crippen LogP contribution in [0, 0.1) is 0 Å². The number of nitrogens with zero attached hydrogens (tertiary/aromatic N) is 1. The van der Waals surface area contributed by atoms with Crippen molar-refractivity contribution in [2.24, 2.45) is 0 Å². The summed E-state index contributed by atoms with van der Waals surface area (Å²) in [6.45, 7) is 9.17. The monoisotopic (exact) mass is 313 g/mol. The third-order valence-electron chi connectivity index (χ3n) is 3.65. The van der Waals surface area contributed by atoms with Gasteiger partial charge in [0.05, 0.1) is 5.52 Å². The van der Waals surface area contributed by atoms with Crippen LogP contribution in [-0.2, 0) is 14.3 Å². The number of benzene rings is 1. The standard InChI is InChI=1S/C18H19NO4/c1-11-9-15(22-16(11)20)13-10-19(17(21)23-18(2,3)4)14-8-6-5-7-12(13)14/h5-8,10,15H,1,9H2,2-4H3. The van der Waals surface area contributed by atoms with Crippen LogP contribution in [0.1, 0.15) is 38.9 Å². The molecule has 1 fully saturated rings. The molecule has 23 heavy (non-hydrogen) atoms. The second-order valence-corrected chi connectivity index (χ2v) is 6.65. The number of fused-ring (bicyclic) bond motifs is 1. The number of rotatable bonds is 1. The second kappa shape index (κ2) is 5.26. The van der Waals surface area contributed by atoms with Crippen molar-refractivity contribution >= 4 is 23.0 Å². The molecule has 1 aliphatic heterocycles. The minimum atomic E-state index is -0.587. The van der Waals surface area contributed by atoms with Crippen molar-refractivity contribution in [3.05, 3.63) is 48.2 Å². The molecule has 0 radical (unpaired) electrons. The van der Waals surface area contributed by atoms with E-state index in [2.05, 4.69) is 6.58 Å². The number of esters is 1. The van der Waals surface area contributed by atoms with Gasteiger partial charge in [0.2, 0.25) is 0 Å². The van der Waals surface area contributed by atoms with Crippen LogP contribution in [0.5, 0.6) is 0 Å². The van der Waals surface area contributed by atoms with Gasteiger partial charge in [-0.25, -0.2) is 9.59 Å². The zero-order valence-electron chi connectivity index (χ0n) is 13.5. The summed E-state index contributed by atoms with van der Waals surface area (Å²) in [5.41, 5.74) is 1.38. The van der Waals surface area contributed by atoms with Crippen molar-refractivity contribution in [2.75, 3.05) is 0 Å². The van der Waals surface area contributed by atoms with Crippen molar-refractivity contribution in [3.63, 3.8) is 0 Å². The SMILES string of the molecule is C=C1CC(c2cn(C(=O)OC(C)(C)C)c3ccccc23)OC1=O. The van der Waals surface area contributed by atoms with Gasteiger partial charge in [-0.3, -0.25) is 4.57 Å². The largest absolute Gasteiger partial charge is 0.454 e. The highest BCUT2D eigenvalue weighted by Crippen LogP contribution is 2.37. The molecule has 5 heteroatoms. The Morgan fingerprint density at radius 1 is 1.35 bits per heavy atom. The van der Waals surface area contributed by atoms with Crippen LogP contribution < -0.4 is 0 Å². The van der Waals surface area contributed by atoms with E-state index in [0.29, 0.717) is 12.0 Å². The molecule has 1 aliphatic rings.